The fraction of sp³-hybridized carbons (Fsp3) is 0.214. The summed E-state index contributed by atoms with van der Waals surface area (Å²) in [5.74, 6) is -0.152. The Morgan fingerprint density at radius 1 is 1.20 bits per heavy atom. The quantitative estimate of drug-likeness (QED) is 0.659. The normalized spacial score (nSPS) is 11.7. The zero-order valence-electron chi connectivity index (χ0n) is 10.6. The predicted molar refractivity (Wildman–Crippen MR) is 74.5 cm³/mol. The van der Waals surface area contributed by atoms with Crippen molar-refractivity contribution in [1.82, 2.24) is 0 Å². The van der Waals surface area contributed by atoms with Crippen LogP contribution in [-0.4, -0.2) is 5.78 Å². The van der Waals surface area contributed by atoms with Crippen LogP contribution in [0.3, 0.4) is 0 Å². The highest BCUT2D eigenvalue weighted by Crippen LogP contribution is 2.40. The molecule has 0 aliphatic rings. The van der Waals surface area contributed by atoms with Crippen LogP contribution in [0.2, 0.25) is 4.34 Å². The second-order valence-corrected chi connectivity index (χ2v) is 5.96. The molecule has 0 bridgehead atoms. The van der Waals surface area contributed by atoms with Gasteiger partial charge in [-0.25, -0.2) is 0 Å². The molecule has 0 spiro atoms. The Morgan fingerprint density at radius 2 is 1.75 bits per heavy atom. The summed E-state index contributed by atoms with van der Waals surface area (Å²) in [6.07, 6.45) is -4.37. The van der Waals surface area contributed by atoms with Crippen molar-refractivity contribution < 1.29 is 18.0 Å². The molecule has 1 aromatic heterocycles. The van der Waals surface area contributed by atoms with Gasteiger partial charge in [0.2, 0.25) is 0 Å². The van der Waals surface area contributed by atoms with Gasteiger partial charge < -0.3 is 0 Å². The van der Waals surface area contributed by atoms with Gasteiger partial charge in [-0.1, -0.05) is 23.7 Å². The highest BCUT2D eigenvalue weighted by molar-refractivity contribution is 7.20. The van der Waals surface area contributed by atoms with Crippen LogP contribution in [0.15, 0.2) is 24.3 Å². The van der Waals surface area contributed by atoms with Crippen molar-refractivity contribution >= 4 is 28.7 Å². The summed E-state index contributed by atoms with van der Waals surface area (Å²) in [4.78, 5) is 12.3. The maximum atomic E-state index is 12.5. The molecule has 2 aromatic rings. The van der Waals surface area contributed by atoms with E-state index in [2.05, 4.69) is 0 Å². The van der Waals surface area contributed by atoms with Crippen molar-refractivity contribution in [2.24, 2.45) is 0 Å². The number of thiophene rings is 1. The lowest BCUT2D eigenvalue weighted by molar-refractivity contribution is -0.137. The summed E-state index contributed by atoms with van der Waals surface area (Å²) in [6, 6.07) is 4.72. The van der Waals surface area contributed by atoms with Crippen LogP contribution >= 0.6 is 22.9 Å². The fourth-order valence-electron chi connectivity index (χ4n) is 1.92. The molecule has 0 radical (unpaired) electrons. The highest BCUT2D eigenvalue weighted by atomic mass is 35.5. The van der Waals surface area contributed by atoms with E-state index in [-0.39, 0.29) is 5.78 Å². The predicted octanol–water partition coefficient (Wildman–Crippen LogP) is 5.60. The molecule has 20 heavy (non-hydrogen) atoms. The van der Waals surface area contributed by atoms with Gasteiger partial charge in [-0.2, -0.15) is 13.2 Å². The molecular weight excluding hydrogens is 309 g/mol. The van der Waals surface area contributed by atoms with Gasteiger partial charge in [-0.05, 0) is 37.1 Å². The van der Waals surface area contributed by atoms with E-state index in [0.29, 0.717) is 25.9 Å². The smallest absolute Gasteiger partial charge is 0.294 e. The molecule has 6 heteroatoms. The number of carbonyl (C=O) groups excluding carboxylic acids is 1. The van der Waals surface area contributed by atoms with E-state index in [0.717, 1.165) is 12.1 Å². The van der Waals surface area contributed by atoms with Crippen LogP contribution in [0.5, 0.6) is 0 Å². The van der Waals surface area contributed by atoms with E-state index < -0.39 is 11.7 Å². The Labute approximate surface area is 123 Å². The van der Waals surface area contributed by atoms with Gasteiger partial charge in [-0.3, -0.25) is 4.79 Å². The van der Waals surface area contributed by atoms with Crippen LogP contribution in [0.25, 0.3) is 10.4 Å². The van der Waals surface area contributed by atoms with Crippen molar-refractivity contribution in [3.63, 3.8) is 0 Å². The van der Waals surface area contributed by atoms with Gasteiger partial charge in [0, 0.05) is 10.4 Å². The number of halogens is 4. The van der Waals surface area contributed by atoms with Crippen LogP contribution in [-0.2, 0) is 6.18 Å². The number of hydrogen-bond acceptors (Lipinski definition) is 2. The van der Waals surface area contributed by atoms with E-state index in [4.69, 9.17) is 11.6 Å². The first-order chi connectivity index (χ1) is 9.21. The van der Waals surface area contributed by atoms with Crippen LogP contribution in [0.1, 0.15) is 28.4 Å². The molecule has 1 heterocycles. The summed E-state index contributed by atoms with van der Waals surface area (Å²) in [7, 11) is 0. The Bertz CT molecular complexity index is 656. The Kier molecular flexibility index (Phi) is 3.93. The Hall–Kier alpha value is -1.33. The summed E-state index contributed by atoms with van der Waals surface area (Å²) < 4.78 is 38.1. The summed E-state index contributed by atoms with van der Waals surface area (Å²) in [6.45, 7) is 3.14. The van der Waals surface area contributed by atoms with Crippen molar-refractivity contribution in [2.75, 3.05) is 0 Å². The number of ketones is 1. The minimum atomic E-state index is -4.37. The monoisotopic (exact) mass is 318 g/mol. The lowest BCUT2D eigenvalue weighted by atomic mass is 10.0. The van der Waals surface area contributed by atoms with Gasteiger partial charge in [0.15, 0.2) is 5.78 Å². The van der Waals surface area contributed by atoms with E-state index in [1.807, 2.05) is 0 Å². The summed E-state index contributed by atoms with van der Waals surface area (Å²) in [5, 5.41) is 0. The lowest BCUT2D eigenvalue weighted by Gasteiger charge is -2.07. The Balaban J connectivity index is 2.53. The van der Waals surface area contributed by atoms with Gasteiger partial charge in [0.1, 0.15) is 0 Å². The molecule has 0 saturated heterocycles. The summed E-state index contributed by atoms with van der Waals surface area (Å²) >= 11 is 7.22. The van der Waals surface area contributed by atoms with Gasteiger partial charge in [0.25, 0.3) is 0 Å². The second-order valence-electron chi connectivity index (χ2n) is 4.34. The largest absolute Gasteiger partial charge is 0.416 e. The molecule has 0 N–H and O–H groups in total. The van der Waals surface area contributed by atoms with Crippen molar-refractivity contribution in [3.05, 3.63) is 45.3 Å². The van der Waals surface area contributed by atoms with E-state index in [9.17, 15) is 18.0 Å². The molecule has 2 rings (SSSR count). The van der Waals surface area contributed by atoms with Gasteiger partial charge >= 0.3 is 6.18 Å². The third-order valence-corrected chi connectivity index (χ3v) is 4.56. The zero-order valence-corrected chi connectivity index (χ0v) is 12.2. The number of benzene rings is 1. The summed E-state index contributed by atoms with van der Waals surface area (Å²) in [5.41, 5.74) is 0.979. The number of Topliss-reactive ketones (excluding diaryl/α,β-unsaturated/α-hetero) is 1. The zero-order chi connectivity index (χ0) is 15.1. The maximum absolute atomic E-state index is 12.5. The van der Waals surface area contributed by atoms with Crippen molar-refractivity contribution in [2.45, 2.75) is 20.0 Å². The Morgan fingerprint density at radius 3 is 2.20 bits per heavy atom. The lowest BCUT2D eigenvalue weighted by Crippen LogP contribution is -2.04. The molecular formula is C14H10ClF3OS. The van der Waals surface area contributed by atoms with E-state index in [1.165, 1.54) is 30.4 Å². The van der Waals surface area contributed by atoms with Gasteiger partial charge in [0.05, 0.1) is 9.90 Å². The molecule has 0 unspecified atom stereocenters. The first kappa shape index (κ1) is 15.1. The first-order valence-electron chi connectivity index (χ1n) is 5.69. The van der Waals surface area contributed by atoms with Crippen LogP contribution in [0.4, 0.5) is 13.2 Å². The van der Waals surface area contributed by atoms with Crippen molar-refractivity contribution in [3.8, 4) is 10.4 Å². The molecule has 0 aliphatic carbocycles. The molecule has 0 aliphatic heterocycles. The fourth-order valence-corrected chi connectivity index (χ4v) is 3.34. The van der Waals surface area contributed by atoms with Crippen molar-refractivity contribution in [1.29, 1.82) is 0 Å². The number of rotatable bonds is 2. The molecule has 1 aromatic carbocycles. The molecule has 0 atom stereocenters. The average molecular weight is 319 g/mol. The molecule has 0 saturated carbocycles. The standard InChI is InChI=1S/C14H10ClF3OS/c1-7-11(8(2)19)12(20-13(7)15)9-3-5-10(6-4-9)14(16,17)18/h3-6H,1-2H3. The third kappa shape index (κ3) is 2.74. The second kappa shape index (κ2) is 5.22. The number of hydrogen-bond donors (Lipinski definition) is 0. The van der Waals surface area contributed by atoms with Crippen LogP contribution < -0.4 is 0 Å². The first-order valence-corrected chi connectivity index (χ1v) is 6.88. The molecule has 0 amide bonds. The van der Waals surface area contributed by atoms with Crippen LogP contribution in [0, 0.1) is 6.92 Å². The maximum Gasteiger partial charge on any atom is 0.416 e. The molecule has 1 nitrogen and oxygen atoms in total. The topological polar surface area (TPSA) is 17.1 Å². The average Bonchev–Trinajstić information content (AvgIpc) is 2.65. The molecule has 0 fully saturated rings. The minimum absolute atomic E-state index is 0.152. The van der Waals surface area contributed by atoms with Gasteiger partial charge in [-0.15, -0.1) is 11.3 Å². The SMILES string of the molecule is CC(=O)c1c(-c2ccc(C(F)(F)F)cc2)sc(Cl)c1C. The minimum Gasteiger partial charge on any atom is -0.294 e. The molecule has 106 valence electrons. The third-order valence-electron chi connectivity index (χ3n) is 2.92. The van der Waals surface area contributed by atoms with E-state index >= 15 is 0 Å². The number of alkyl halides is 3. The number of carbonyl (C=O) groups is 1. The highest BCUT2D eigenvalue weighted by Gasteiger charge is 2.30. The van der Waals surface area contributed by atoms with E-state index in [1.54, 1.807) is 6.92 Å².